The summed E-state index contributed by atoms with van der Waals surface area (Å²) in [5.41, 5.74) is 2.62. The summed E-state index contributed by atoms with van der Waals surface area (Å²) in [6.07, 6.45) is -0.0469. The van der Waals surface area contributed by atoms with Gasteiger partial charge >= 0.3 is 0 Å². The molecule has 0 saturated heterocycles. The first-order valence-electron chi connectivity index (χ1n) is 7.55. The second kappa shape index (κ2) is 6.90. The standard InChI is InChI=1S/C19H21F2NO/c1-19(2,3)15-6-4-13(5-7-15)12-22-18(23)10-14-8-16(20)11-17(21)9-14/h4-9,11H,10,12H2,1-3H3,(H,22,23). The van der Waals surface area contributed by atoms with Crippen LogP contribution in [-0.4, -0.2) is 5.91 Å². The van der Waals surface area contributed by atoms with Gasteiger partial charge in [0, 0.05) is 12.6 Å². The van der Waals surface area contributed by atoms with Gasteiger partial charge in [0.25, 0.3) is 0 Å². The van der Waals surface area contributed by atoms with Crippen molar-refractivity contribution in [1.82, 2.24) is 5.32 Å². The number of amides is 1. The van der Waals surface area contributed by atoms with E-state index in [0.29, 0.717) is 12.1 Å². The van der Waals surface area contributed by atoms with Crippen molar-refractivity contribution in [2.24, 2.45) is 0 Å². The Kier molecular flexibility index (Phi) is 5.14. The largest absolute Gasteiger partial charge is 0.352 e. The molecule has 0 radical (unpaired) electrons. The monoisotopic (exact) mass is 317 g/mol. The fourth-order valence-corrected chi connectivity index (χ4v) is 2.28. The van der Waals surface area contributed by atoms with E-state index in [1.807, 2.05) is 24.3 Å². The Morgan fingerprint density at radius 2 is 1.52 bits per heavy atom. The molecule has 122 valence electrons. The Hall–Kier alpha value is -2.23. The third kappa shape index (κ3) is 5.16. The van der Waals surface area contributed by atoms with E-state index in [2.05, 4.69) is 26.1 Å². The lowest BCUT2D eigenvalue weighted by Crippen LogP contribution is -2.24. The Balaban J connectivity index is 1.91. The van der Waals surface area contributed by atoms with Crippen molar-refractivity contribution in [2.75, 3.05) is 0 Å². The lowest BCUT2D eigenvalue weighted by Gasteiger charge is -2.19. The number of halogens is 2. The van der Waals surface area contributed by atoms with Crippen LogP contribution in [0.4, 0.5) is 8.78 Å². The molecule has 1 amide bonds. The molecule has 0 unspecified atom stereocenters. The van der Waals surface area contributed by atoms with Gasteiger partial charge in [-0.25, -0.2) is 8.78 Å². The number of hydrogen-bond donors (Lipinski definition) is 1. The van der Waals surface area contributed by atoms with Gasteiger partial charge in [-0.05, 0) is 34.2 Å². The SMILES string of the molecule is CC(C)(C)c1ccc(CNC(=O)Cc2cc(F)cc(F)c2)cc1. The minimum absolute atomic E-state index is 0.0469. The summed E-state index contributed by atoms with van der Waals surface area (Å²) >= 11 is 0. The molecule has 0 saturated carbocycles. The van der Waals surface area contributed by atoms with Crippen molar-refractivity contribution in [3.05, 3.63) is 70.8 Å². The highest BCUT2D eigenvalue weighted by Crippen LogP contribution is 2.22. The molecule has 0 bridgehead atoms. The first kappa shape index (κ1) is 17.1. The molecule has 2 aromatic carbocycles. The van der Waals surface area contributed by atoms with Gasteiger partial charge in [0.2, 0.25) is 5.91 Å². The van der Waals surface area contributed by atoms with Gasteiger partial charge in [0.1, 0.15) is 11.6 Å². The zero-order valence-corrected chi connectivity index (χ0v) is 13.6. The van der Waals surface area contributed by atoms with Gasteiger partial charge in [-0.1, -0.05) is 45.0 Å². The van der Waals surface area contributed by atoms with Crippen LogP contribution < -0.4 is 5.32 Å². The van der Waals surface area contributed by atoms with Crippen LogP contribution in [0.25, 0.3) is 0 Å². The molecule has 0 fully saturated rings. The fraction of sp³-hybridized carbons (Fsp3) is 0.316. The van der Waals surface area contributed by atoms with Crippen molar-refractivity contribution < 1.29 is 13.6 Å². The summed E-state index contributed by atoms with van der Waals surface area (Å²) < 4.78 is 26.2. The number of carbonyl (C=O) groups excluding carboxylic acids is 1. The third-order valence-electron chi connectivity index (χ3n) is 3.60. The Bertz CT molecular complexity index is 667. The molecule has 0 aromatic heterocycles. The highest BCUT2D eigenvalue weighted by Gasteiger charge is 2.13. The zero-order valence-electron chi connectivity index (χ0n) is 13.6. The van der Waals surface area contributed by atoms with E-state index < -0.39 is 11.6 Å². The Morgan fingerprint density at radius 1 is 0.957 bits per heavy atom. The van der Waals surface area contributed by atoms with E-state index in [1.165, 1.54) is 17.7 Å². The molecule has 2 rings (SSSR count). The molecule has 2 nitrogen and oxygen atoms in total. The maximum Gasteiger partial charge on any atom is 0.224 e. The first-order valence-corrected chi connectivity index (χ1v) is 7.55. The molecule has 0 atom stereocenters. The summed E-state index contributed by atoms with van der Waals surface area (Å²) in [6, 6.07) is 11.2. The van der Waals surface area contributed by atoms with E-state index in [9.17, 15) is 13.6 Å². The predicted molar refractivity (Wildman–Crippen MR) is 87.1 cm³/mol. The van der Waals surface area contributed by atoms with E-state index in [-0.39, 0.29) is 17.7 Å². The van der Waals surface area contributed by atoms with E-state index in [0.717, 1.165) is 11.6 Å². The second-order valence-corrected chi connectivity index (χ2v) is 6.68. The van der Waals surface area contributed by atoms with Crippen molar-refractivity contribution in [2.45, 2.75) is 39.2 Å². The predicted octanol–water partition coefficient (Wildman–Crippen LogP) is 4.12. The smallest absolute Gasteiger partial charge is 0.224 e. The third-order valence-corrected chi connectivity index (χ3v) is 3.60. The maximum absolute atomic E-state index is 13.1. The van der Waals surface area contributed by atoms with Gasteiger partial charge in [-0.2, -0.15) is 0 Å². The molecule has 23 heavy (non-hydrogen) atoms. The van der Waals surface area contributed by atoms with Crippen molar-refractivity contribution in [1.29, 1.82) is 0 Å². The quantitative estimate of drug-likeness (QED) is 0.903. The van der Waals surface area contributed by atoms with Gasteiger partial charge in [-0.15, -0.1) is 0 Å². The zero-order chi connectivity index (χ0) is 17.0. The van der Waals surface area contributed by atoms with Gasteiger partial charge in [0.15, 0.2) is 0 Å². The summed E-state index contributed by atoms with van der Waals surface area (Å²) in [5.74, 6) is -1.62. The molecule has 0 aliphatic rings. The number of rotatable bonds is 4. The van der Waals surface area contributed by atoms with Crippen LogP contribution in [-0.2, 0) is 23.2 Å². The summed E-state index contributed by atoms with van der Waals surface area (Å²) in [6.45, 7) is 6.81. The molecule has 1 N–H and O–H groups in total. The van der Waals surface area contributed by atoms with Crippen LogP contribution in [0.3, 0.4) is 0 Å². The molecular weight excluding hydrogens is 296 g/mol. The average Bonchev–Trinajstić information content (AvgIpc) is 2.43. The topological polar surface area (TPSA) is 29.1 Å². The molecule has 0 heterocycles. The summed E-state index contributed by atoms with van der Waals surface area (Å²) in [5, 5.41) is 2.76. The van der Waals surface area contributed by atoms with Crippen molar-refractivity contribution >= 4 is 5.91 Å². The van der Waals surface area contributed by atoms with Gasteiger partial charge < -0.3 is 5.32 Å². The number of nitrogens with one attached hydrogen (secondary N) is 1. The second-order valence-electron chi connectivity index (χ2n) is 6.68. The van der Waals surface area contributed by atoms with E-state index >= 15 is 0 Å². The van der Waals surface area contributed by atoms with E-state index in [1.54, 1.807) is 0 Å². The molecule has 0 aliphatic carbocycles. The molecule has 0 spiro atoms. The van der Waals surface area contributed by atoms with Crippen molar-refractivity contribution in [3.63, 3.8) is 0 Å². The minimum Gasteiger partial charge on any atom is -0.352 e. The Labute approximate surface area is 135 Å². The van der Waals surface area contributed by atoms with Crippen LogP contribution >= 0.6 is 0 Å². The summed E-state index contributed by atoms with van der Waals surface area (Å²) in [4.78, 5) is 11.9. The number of carbonyl (C=O) groups is 1. The van der Waals surface area contributed by atoms with Gasteiger partial charge in [-0.3, -0.25) is 4.79 Å². The lowest BCUT2D eigenvalue weighted by molar-refractivity contribution is -0.120. The van der Waals surface area contributed by atoms with Crippen LogP contribution in [0.1, 0.15) is 37.5 Å². The minimum atomic E-state index is -0.675. The van der Waals surface area contributed by atoms with Crippen molar-refractivity contribution in [3.8, 4) is 0 Å². The number of benzene rings is 2. The average molecular weight is 317 g/mol. The molecule has 4 heteroatoms. The maximum atomic E-state index is 13.1. The highest BCUT2D eigenvalue weighted by molar-refractivity contribution is 5.78. The van der Waals surface area contributed by atoms with Crippen LogP contribution in [0.2, 0.25) is 0 Å². The highest BCUT2D eigenvalue weighted by atomic mass is 19.1. The van der Waals surface area contributed by atoms with E-state index in [4.69, 9.17) is 0 Å². The van der Waals surface area contributed by atoms with Crippen LogP contribution in [0.15, 0.2) is 42.5 Å². The molecule has 0 aliphatic heterocycles. The molecule has 2 aromatic rings. The first-order chi connectivity index (χ1) is 10.7. The number of hydrogen-bond acceptors (Lipinski definition) is 1. The normalized spacial score (nSPS) is 11.3. The van der Waals surface area contributed by atoms with Crippen LogP contribution in [0, 0.1) is 11.6 Å². The van der Waals surface area contributed by atoms with Crippen LogP contribution in [0.5, 0.6) is 0 Å². The molecular formula is C19H21F2NO. The Morgan fingerprint density at radius 3 is 2.04 bits per heavy atom. The lowest BCUT2D eigenvalue weighted by atomic mass is 9.87. The fourth-order valence-electron chi connectivity index (χ4n) is 2.28. The summed E-state index contributed by atoms with van der Waals surface area (Å²) in [7, 11) is 0. The van der Waals surface area contributed by atoms with Gasteiger partial charge in [0.05, 0.1) is 6.42 Å².